The van der Waals surface area contributed by atoms with Gasteiger partial charge in [-0.2, -0.15) is 0 Å². The maximum absolute atomic E-state index is 10.3. The Balaban J connectivity index is -0.000000375. The molecule has 0 saturated heterocycles. The van der Waals surface area contributed by atoms with E-state index in [2.05, 4.69) is 0 Å². The topological polar surface area (TPSA) is 193 Å². The molecule has 0 N–H and O–H groups in total. The van der Waals surface area contributed by atoms with Gasteiger partial charge in [0.1, 0.15) is 0 Å². The second-order valence-corrected chi connectivity index (χ2v) is 7.44. The Morgan fingerprint density at radius 1 is 0.579 bits per heavy atom. The average molecular weight is 413 g/mol. The molecule has 0 rings (SSSR count). The SMILES string of the molecule is O=P([O-])([O-])CN(CP(=O)([O-])[O-])CP(=O)([O-])[O-].[Ca+2].[Ca+2].[Ca+2]. The number of hydrogen-bond donors (Lipinski definition) is 0. The second kappa shape index (κ2) is 12.5. The Kier molecular flexibility index (Phi) is 20.5. The van der Waals surface area contributed by atoms with Gasteiger partial charge in [-0.15, -0.1) is 0 Å². The third-order valence-corrected chi connectivity index (χ3v) is 3.36. The van der Waals surface area contributed by atoms with Crippen LogP contribution in [-0.4, -0.2) is 137 Å². The van der Waals surface area contributed by atoms with Crippen LogP contribution in [0.1, 0.15) is 0 Å². The zero-order valence-electron chi connectivity index (χ0n) is 9.71. The largest absolute Gasteiger partial charge is 2.00 e. The van der Waals surface area contributed by atoms with Crippen molar-refractivity contribution in [1.82, 2.24) is 4.90 Å². The van der Waals surface area contributed by atoms with Gasteiger partial charge in [0.2, 0.25) is 0 Å². The normalized spacial score (nSPS) is 12.2. The first-order valence-corrected chi connectivity index (χ1v) is 8.72. The van der Waals surface area contributed by atoms with Gasteiger partial charge in [0.05, 0.1) is 0 Å². The van der Waals surface area contributed by atoms with E-state index in [0.29, 0.717) is 0 Å². The molecule has 0 radical (unpaired) electrons. The number of hydrogen-bond acceptors (Lipinski definition) is 10. The quantitative estimate of drug-likeness (QED) is 0.299. The van der Waals surface area contributed by atoms with E-state index in [1.54, 1.807) is 0 Å². The van der Waals surface area contributed by atoms with Crippen LogP contribution in [0.15, 0.2) is 0 Å². The monoisotopic (exact) mass is 413 g/mol. The molecule has 98 valence electrons. The predicted molar refractivity (Wildman–Crippen MR) is 56.5 cm³/mol. The van der Waals surface area contributed by atoms with Gasteiger partial charge in [-0.05, 0) is 0 Å². The summed E-state index contributed by atoms with van der Waals surface area (Å²) in [4.78, 5) is 61.5. The summed E-state index contributed by atoms with van der Waals surface area (Å²) in [5, 5.41) is 0. The molecular formula is C3H6Ca3NO9P3. The summed E-state index contributed by atoms with van der Waals surface area (Å²) in [5.74, 6) is 0. The summed E-state index contributed by atoms with van der Waals surface area (Å²) in [6, 6.07) is 0. The van der Waals surface area contributed by atoms with Crippen molar-refractivity contribution in [3.8, 4) is 0 Å². The van der Waals surface area contributed by atoms with E-state index in [0.717, 1.165) is 0 Å². The van der Waals surface area contributed by atoms with Gasteiger partial charge in [-0.3, -0.25) is 4.90 Å². The van der Waals surface area contributed by atoms with Crippen molar-refractivity contribution >= 4 is 136 Å². The summed E-state index contributed by atoms with van der Waals surface area (Å²) in [7, 11) is -15.8. The molecule has 10 nitrogen and oxygen atoms in total. The van der Waals surface area contributed by atoms with Crippen molar-refractivity contribution in [2.75, 3.05) is 18.9 Å². The van der Waals surface area contributed by atoms with Crippen LogP contribution < -0.4 is 29.4 Å². The third kappa shape index (κ3) is 24.6. The van der Waals surface area contributed by atoms with Gasteiger partial charge in [0, 0.05) is 18.9 Å². The van der Waals surface area contributed by atoms with Gasteiger partial charge < -0.3 is 43.1 Å². The van der Waals surface area contributed by atoms with E-state index in [1.165, 1.54) is 0 Å². The van der Waals surface area contributed by atoms with Gasteiger partial charge in [0.25, 0.3) is 0 Å². The molecule has 0 aromatic heterocycles. The van der Waals surface area contributed by atoms with Crippen molar-refractivity contribution in [3.05, 3.63) is 0 Å². The maximum Gasteiger partial charge on any atom is 2.00 e. The number of nitrogens with zero attached hydrogens (tertiary/aromatic N) is 1. The van der Waals surface area contributed by atoms with E-state index in [-0.39, 0.29) is 118 Å². The molecule has 0 saturated carbocycles. The smallest absolute Gasteiger partial charge is 0.810 e. The average Bonchev–Trinajstić information content (AvgIpc) is 1.70. The predicted octanol–water partition coefficient (Wildman–Crippen LogP) is -6.24. The van der Waals surface area contributed by atoms with E-state index in [4.69, 9.17) is 0 Å². The molecule has 0 bridgehead atoms. The van der Waals surface area contributed by atoms with Crippen molar-refractivity contribution in [2.24, 2.45) is 0 Å². The van der Waals surface area contributed by atoms with Crippen LogP contribution in [0.2, 0.25) is 0 Å². The molecule has 19 heavy (non-hydrogen) atoms. The van der Waals surface area contributed by atoms with Crippen LogP contribution >= 0.6 is 22.8 Å². The van der Waals surface area contributed by atoms with E-state index in [1.807, 2.05) is 0 Å². The van der Waals surface area contributed by atoms with Gasteiger partial charge in [-0.1, -0.05) is 22.8 Å². The molecular weight excluding hydrogens is 407 g/mol. The van der Waals surface area contributed by atoms with Gasteiger partial charge >= 0.3 is 113 Å². The molecule has 0 amide bonds. The molecule has 0 fully saturated rings. The summed E-state index contributed by atoms with van der Waals surface area (Å²) in [6.07, 6.45) is -4.55. The summed E-state index contributed by atoms with van der Waals surface area (Å²) in [5.41, 5.74) is 0. The fourth-order valence-corrected chi connectivity index (χ4v) is 3.41. The first-order valence-electron chi connectivity index (χ1n) is 3.54. The van der Waals surface area contributed by atoms with Crippen LogP contribution in [0.3, 0.4) is 0 Å². The van der Waals surface area contributed by atoms with Gasteiger partial charge in [0.15, 0.2) is 0 Å². The number of rotatable bonds is 6. The van der Waals surface area contributed by atoms with Crippen molar-refractivity contribution < 1.29 is 43.1 Å². The molecule has 16 heteroatoms. The Labute approximate surface area is 199 Å². The Morgan fingerprint density at radius 3 is 0.842 bits per heavy atom. The molecule has 0 aromatic rings. The van der Waals surface area contributed by atoms with Crippen LogP contribution in [0.4, 0.5) is 0 Å². The van der Waals surface area contributed by atoms with Crippen LogP contribution in [-0.2, 0) is 13.7 Å². The second-order valence-electron chi connectivity index (χ2n) is 2.93. The zero-order chi connectivity index (χ0) is 13.2. The maximum atomic E-state index is 10.3. The van der Waals surface area contributed by atoms with Crippen LogP contribution in [0, 0.1) is 0 Å². The molecule has 0 aliphatic rings. The molecule has 0 heterocycles. The van der Waals surface area contributed by atoms with E-state index >= 15 is 0 Å². The summed E-state index contributed by atoms with van der Waals surface area (Å²) < 4.78 is 30.8. The van der Waals surface area contributed by atoms with E-state index < -0.39 is 41.6 Å². The molecule has 0 spiro atoms. The van der Waals surface area contributed by atoms with Crippen molar-refractivity contribution in [1.29, 1.82) is 0 Å². The Bertz CT molecular complexity index is 317. The van der Waals surface area contributed by atoms with Crippen LogP contribution in [0.25, 0.3) is 0 Å². The minimum Gasteiger partial charge on any atom is -0.810 e. The Morgan fingerprint density at radius 2 is 0.737 bits per heavy atom. The fourth-order valence-electron chi connectivity index (χ4n) is 0.869. The minimum absolute atomic E-state index is 0. The van der Waals surface area contributed by atoms with Crippen molar-refractivity contribution in [3.63, 3.8) is 0 Å². The van der Waals surface area contributed by atoms with Crippen LogP contribution in [0.5, 0.6) is 0 Å². The first kappa shape index (κ1) is 31.0. The summed E-state index contributed by atoms with van der Waals surface area (Å²) >= 11 is 0. The molecule has 0 aromatic carbocycles. The first-order chi connectivity index (χ1) is 6.79. The van der Waals surface area contributed by atoms with Gasteiger partial charge in [-0.25, -0.2) is 0 Å². The molecule has 0 aliphatic carbocycles. The summed E-state index contributed by atoms with van der Waals surface area (Å²) in [6.45, 7) is 0. The minimum atomic E-state index is -5.27. The standard InChI is InChI=1S/C3H12NO9P3.3Ca/c5-14(6,7)1-4(2-15(8,9)10)3-16(11,12)13;;;/h1-3H2,(H2,5,6,7)(H2,8,9,10)(H2,11,12,13);;;/q;3*+2/p-6. The fraction of sp³-hybridized carbons (Fsp3) is 1.00. The molecule has 0 aliphatic heterocycles. The molecule has 0 unspecified atom stereocenters. The Hall–Kier alpha value is 4.19. The zero-order valence-corrected chi connectivity index (χ0v) is 19.0. The third-order valence-electron chi connectivity index (χ3n) is 1.12. The van der Waals surface area contributed by atoms with E-state index in [9.17, 15) is 43.1 Å². The van der Waals surface area contributed by atoms with Crippen molar-refractivity contribution in [2.45, 2.75) is 0 Å². The molecule has 0 atom stereocenters.